The Hall–Kier alpha value is -3.47. The van der Waals surface area contributed by atoms with E-state index in [-0.39, 0.29) is 24.1 Å². The molecule has 0 saturated heterocycles. The van der Waals surface area contributed by atoms with E-state index in [0.717, 1.165) is 28.0 Å². The maximum Gasteiger partial charge on any atom is 0.225 e. The number of fused-ring (bicyclic) bond motifs is 1. The number of halogens is 1. The normalized spacial score (nSPS) is 12.1. The van der Waals surface area contributed by atoms with Gasteiger partial charge >= 0.3 is 0 Å². The zero-order valence-electron chi connectivity index (χ0n) is 16.4. The lowest BCUT2D eigenvalue weighted by atomic mass is 9.89. The number of pyridine rings is 1. The van der Waals surface area contributed by atoms with Crippen LogP contribution in [0.25, 0.3) is 5.65 Å². The Morgan fingerprint density at radius 2 is 1.76 bits per heavy atom. The van der Waals surface area contributed by atoms with Crippen LogP contribution in [0.3, 0.4) is 0 Å². The minimum Gasteiger partial charge on any atom is -0.326 e. The monoisotopic (exact) mass is 387 g/mol. The van der Waals surface area contributed by atoms with Crippen LogP contribution in [0, 0.1) is 19.7 Å². The van der Waals surface area contributed by atoms with Crippen molar-refractivity contribution in [3.8, 4) is 0 Å². The molecule has 1 atom stereocenters. The van der Waals surface area contributed by atoms with Gasteiger partial charge in [-0.15, -0.1) is 0 Å². The summed E-state index contributed by atoms with van der Waals surface area (Å²) >= 11 is 0. The first kappa shape index (κ1) is 18.9. The molecule has 0 radical (unpaired) electrons. The Morgan fingerprint density at radius 3 is 2.52 bits per heavy atom. The number of benzene rings is 2. The van der Waals surface area contributed by atoms with Crippen molar-refractivity contribution in [2.45, 2.75) is 26.2 Å². The van der Waals surface area contributed by atoms with Gasteiger partial charge in [-0.2, -0.15) is 0 Å². The molecule has 4 rings (SSSR count). The standard InChI is InChI=1S/C24H22FN3O/c1-16-6-3-4-8-20(16)21(14-23(29)27-19-11-9-18(25)10-12-19)22-15-26-24-17(2)7-5-13-28(22)24/h3-13,15,21H,14H2,1-2H3,(H,27,29). The Morgan fingerprint density at radius 1 is 1.03 bits per heavy atom. The molecule has 4 aromatic rings. The van der Waals surface area contributed by atoms with E-state index in [2.05, 4.69) is 33.8 Å². The zero-order chi connectivity index (χ0) is 20.4. The van der Waals surface area contributed by atoms with Crippen molar-refractivity contribution in [2.24, 2.45) is 0 Å². The highest BCUT2D eigenvalue weighted by Gasteiger charge is 2.23. The molecule has 1 amide bonds. The molecule has 0 fully saturated rings. The SMILES string of the molecule is Cc1ccccc1C(CC(=O)Nc1ccc(F)cc1)c1cnc2c(C)cccn12. The van der Waals surface area contributed by atoms with Crippen molar-refractivity contribution < 1.29 is 9.18 Å². The molecule has 2 aromatic heterocycles. The van der Waals surface area contributed by atoms with Gasteiger partial charge in [0.05, 0.1) is 5.69 Å². The lowest BCUT2D eigenvalue weighted by Crippen LogP contribution is -2.18. The van der Waals surface area contributed by atoms with Crippen LogP contribution in [0.1, 0.15) is 34.7 Å². The Balaban J connectivity index is 1.71. The number of aryl methyl sites for hydroxylation is 2. The predicted octanol–water partition coefficient (Wildman–Crippen LogP) is 5.25. The van der Waals surface area contributed by atoms with E-state index in [4.69, 9.17) is 0 Å². The van der Waals surface area contributed by atoms with Crippen molar-refractivity contribution in [3.05, 3.63) is 101 Å². The molecule has 1 N–H and O–H groups in total. The lowest BCUT2D eigenvalue weighted by Gasteiger charge is -2.19. The molecule has 2 heterocycles. The summed E-state index contributed by atoms with van der Waals surface area (Å²) in [7, 11) is 0. The largest absolute Gasteiger partial charge is 0.326 e. The molecule has 0 spiro atoms. The van der Waals surface area contributed by atoms with Crippen LogP contribution in [0.2, 0.25) is 0 Å². The third-order valence-electron chi connectivity index (χ3n) is 5.20. The average Bonchev–Trinajstić information content (AvgIpc) is 3.14. The summed E-state index contributed by atoms with van der Waals surface area (Å²) in [5.41, 5.74) is 5.72. The van der Waals surface area contributed by atoms with Gasteiger partial charge < -0.3 is 9.72 Å². The van der Waals surface area contributed by atoms with E-state index in [0.29, 0.717) is 5.69 Å². The minimum atomic E-state index is -0.332. The molecule has 1 unspecified atom stereocenters. The lowest BCUT2D eigenvalue weighted by molar-refractivity contribution is -0.116. The van der Waals surface area contributed by atoms with E-state index >= 15 is 0 Å². The molecule has 0 saturated carbocycles. The van der Waals surface area contributed by atoms with Crippen LogP contribution >= 0.6 is 0 Å². The number of carbonyl (C=O) groups excluding carboxylic acids is 1. The first-order valence-electron chi connectivity index (χ1n) is 9.56. The van der Waals surface area contributed by atoms with Gasteiger partial charge in [0.25, 0.3) is 0 Å². The van der Waals surface area contributed by atoms with Crippen LogP contribution < -0.4 is 5.32 Å². The first-order chi connectivity index (χ1) is 14.0. The predicted molar refractivity (Wildman–Crippen MR) is 113 cm³/mol. The van der Waals surface area contributed by atoms with Gasteiger partial charge in [-0.05, 0) is 60.9 Å². The van der Waals surface area contributed by atoms with Crippen LogP contribution in [0.4, 0.5) is 10.1 Å². The number of nitrogens with zero attached hydrogens (tertiary/aromatic N) is 2. The number of anilines is 1. The first-order valence-corrected chi connectivity index (χ1v) is 9.56. The Bertz CT molecular complexity index is 1160. The van der Waals surface area contributed by atoms with Crippen molar-refractivity contribution in [2.75, 3.05) is 5.32 Å². The fourth-order valence-corrected chi connectivity index (χ4v) is 3.71. The van der Waals surface area contributed by atoms with Crippen LogP contribution in [-0.2, 0) is 4.79 Å². The summed E-state index contributed by atoms with van der Waals surface area (Å²) in [5.74, 6) is -0.622. The Kier molecular flexibility index (Phi) is 5.12. The number of nitrogens with one attached hydrogen (secondary N) is 1. The van der Waals surface area contributed by atoms with Crippen molar-refractivity contribution in [3.63, 3.8) is 0 Å². The highest BCUT2D eigenvalue weighted by molar-refractivity contribution is 5.91. The number of imidazole rings is 1. The van der Waals surface area contributed by atoms with Crippen LogP contribution in [0.5, 0.6) is 0 Å². The second-order valence-corrected chi connectivity index (χ2v) is 7.24. The molecular formula is C24H22FN3O. The summed E-state index contributed by atoms with van der Waals surface area (Å²) in [6.07, 6.45) is 4.09. The molecule has 0 aliphatic rings. The number of aromatic nitrogens is 2. The second kappa shape index (κ2) is 7.87. The van der Waals surface area contributed by atoms with E-state index in [1.54, 1.807) is 12.1 Å². The molecule has 5 heteroatoms. The van der Waals surface area contributed by atoms with E-state index in [1.807, 2.05) is 43.6 Å². The van der Waals surface area contributed by atoms with Gasteiger partial charge in [0, 0.05) is 30.4 Å². The number of amides is 1. The van der Waals surface area contributed by atoms with Gasteiger partial charge in [0.2, 0.25) is 5.91 Å². The highest BCUT2D eigenvalue weighted by Crippen LogP contribution is 2.31. The maximum absolute atomic E-state index is 13.1. The summed E-state index contributed by atoms with van der Waals surface area (Å²) < 4.78 is 15.2. The topological polar surface area (TPSA) is 46.4 Å². The van der Waals surface area contributed by atoms with Crippen LogP contribution in [-0.4, -0.2) is 15.3 Å². The Labute approximate surface area is 169 Å². The fourth-order valence-electron chi connectivity index (χ4n) is 3.71. The van der Waals surface area contributed by atoms with Gasteiger partial charge in [-0.25, -0.2) is 9.37 Å². The smallest absolute Gasteiger partial charge is 0.225 e. The highest BCUT2D eigenvalue weighted by atomic mass is 19.1. The zero-order valence-corrected chi connectivity index (χ0v) is 16.4. The molecular weight excluding hydrogens is 365 g/mol. The molecule has 0 aliphatic heterocycles. The molecule has 0 aliphatic carbocycles. The minimum absolute atomic E-state index is 0.132. The number of hydrogen-bond donors (Lipinski definition) is 1. The van der Waals surface area contributed by atoms with Crippen molar-refractivity contribution in [1.29, 1.82) is 0 Å². The van der Waals surface area contributed by atoms with Gasteiger partial charge in [-0.1, -0.05) is 30.3 Å². The summed E-state index contributed by atoms with van der Waals surface area (Å²) in [6, 6.07) is 17.9. The van der Waals surface area contributed by atoms with Gasteiger partial charge in [0.1, 0.15) is 11.5 Å². The van der Waals surface area contributed by atoms with Crippen LogP contribution in [0.15, 0.2) is 73.1 Å². The summed E-state index contributed by atoms with van der Waals surface area (Å²) in [5, 5.41) is 2.87. The summed E-state index contributed by atoms with van der Waals surface area (Å²) in [6.45, 7) is 4.07. The molecule has 2 aromatic carbocycles. The molecule has 0 bridgehead atoms. The van der Waals surface area contributed by atoms with E-state index < -0.39 is 0 Å². The van der Waals surface area contributed by atoms with Crippen molar-refractivity contribution >= 4 is 17.2 Å². The van der Waals surface area contributed by atoms with Gasteiger partial charge in [0.15, 0.2) is 0 Å². The third-order valence-corrected chi connectivity index (χ3v) is 5.20. The fraction of sp³-hybridized carbons (Fsp3) is 0.167. The maximum atomic E-state index is 13.1. The summed E-state index contributed by atoms with van der Waals surface area (Å²) in [4.78, 5) is 17.4. The van der Waals surface area contributed by atoms with Gasteiger partial charge in [-0.3, -0.25) is 4.79 Å². The van der Waals surface area contributed by atoms with E-state index in [9.17, 15) is 9.18 Å². The average molecular weight is 387 g/mol. The molecule has 4 nitrogen and oxygen atoms in total. The van der Waals surface area contributed by atoms with E-state index in [1.165, 1.54) is 12.1 Å². The molecule has 146 valence electrons. The van der Waals surface area contributed by atoms with Crippen molar-refractivity contribution in [1.82, 2.24) is 9.38 Å². The number of rotatable bonds is 5. The number of hydrogen-bond acceptors (Lipinski definition) is 2. The second-order valence-electron chi connectivity index (χ2n) is 7.24. The quantitative estimate of drug-likeness (QED) is 0.508. The molecule has 29 heavy (non-hydrogen) atoms. The number of carbonyl (C=O) groups is 1. The third kappa shape index (κ3) is 3.90.